The van der Waals surface area contributed by atoms with E-state index in [0.717, 1.165) is 10.0 Å². The lowest BCUT2D eigenvalue weighted by atomic mass is 9.99. The molecule has 0 fully saturated rings. The number of benzene rings is 2. The van der Waals surface area contributed by atoms with Crippen molar-refractivity contribution in [1.29, 1.82) is 0 Å². The highest BCUT2D eigenvalue weighted by Gasteiger charge is 2.24. The highest BCUT2D eigenvalue weighted by molar-refractivity contribution is 9.10. The van der Waals surface area contributed by atoms with Crippen LogP contribution in [0.25, 0.3) is 11.3 Å². The molecule has 6 nitrogen and oxygen atoms in total. The third-order valence-electron chi connectivity index (χ3n) is 4.48. The summed E-state index contributed by atoms with van der Waals surface area (Å²) in [6.45, 7) is 1.66. The Bertz CT molecular complexity index is 1240. The molecule has 0 radical (unpaired) electrons. The number of H-pyrrole nitrogens is 1. The van der Waals surface area contributed by atoms with Crippen molar-refractivity contribution >= 4 is 33.3 Å². The molecule has 8 heteroatoms. The van der Waals surface area contributed by atoms with Crippen molar-refractivity contribution in [3.05, 3.63) is 93.7 Å². The molecule has 1 amide bonds. The van der Waals surface area contributed by atoms with Gasteiger partial charge in [-0.15, -0.1) is 0 Å². The molecule has 0 bridgehead atoms. The van der Waals surface area contributed by atoms with Crippen LogP contribution in [0.5, 0.6) is 0 Å². The Hall–Kier alpha value is -3.52. The van der Waals surface area contributed by atoms with E-state index in [1.165, 1.54) is 30.5 Å². The van der Waals surface area contributed by atoms with Crippen LogP contribution in [0.2, 0.25) is 0 Å². The second-order valence-corrected chi connectivity index (χ2v) is 7.48. The van der Waals surface area contributed by atoms with E-state index in [1.807, 2.05) is 24.3 Å². The molecule has 2 N–H and O–H groups in total. The van der Waals surface area contributed by atoms with Crippen molar-refractivity contribution in [3.8, 4) is 11.3 Å². The average molecular weight is 468 g/mol. The zero-order valence-corrected chi connectivity index (χ0v) is 17.3. The molecular weight excluding hydrogens is 453 g/mol. The molecule has 4 aromatic rings. The van der Waals surface area contributed by atoms with E-state index >= 15 is 0 Å². The van der Waals surface area contributed by atoms with Gasteiger partial charge in [0.05, 0.1) is 5.56 Å². The van der Waals surface area contributed by atoms with E-state index in [9.17, 15) is 14.0 Å². The fourth-order valence-electron chi connectivity index (χ4n) is 3.01. The van der Waals surface area contributed by atoms with Crippen molar-refractivity contribution < 1.29 is 18.5 Å². The second kappa shape index (κ2) is 8.08. The predicted molar refractivity (Wildman–Crippen MR) is 113 cm³/mol. The minimum Gasteiger partial charge on any atom is -0.360 e. The number of amides is 1. The number of carbonyl (C=O) groups excluding carboxylic acids is 2. The van der Waals surface area contributed by atoms with Crippen LogP contribution in [-0.2, 0) is 0 Å². The summed E-state index contributed by atoms with van der Waals surface area (Å²) in [5.41, 5.74) is 2.25. The maximum atomic E-state index is 13.3. The molecule has 0 atom stereocenters. The minimum atomic E-state index is -0.491. The average Bonchev–Trinajstić information content (AvgIpc) is 3.35. The van der Waals surface area contributed by atoms with Crippen LogP contribution in [0.4, 0.5) is 10.1 Å². The monoisotopic (exact) mass is 467 g/mol. The Balaban J connectivity index is 1.60. The quantitative estimate of drug-likeness (QED) is 0.386. The van der Waals surface area contributed by atoms with Crippen LogP contribution >= 0.6 is 15.9 Å². The number of aromatic amines is 1. The van der Waals surface area contributed by atoms with E-state index in [0.29, 0.717) is 22.7 Å². The summed E-state index contributed by atoms with van der Waals surface area (Å²) in [5, 5.41) is 6.62. The van der Waals surface area contributed by atoms with E-state index in [2.05, 4.69) is 31.4 Å². The number of aryl methyl sites for hydroxylation is 1. The molecule has 0 unspecified atom stereocenters. The Labute approximate surface area is 179 Å². The van der Waals surface area contributed by atoms with Crippen molar-refractivity contribution in [2.45, 2.75) is 6.92 Å². The van der Waals surface area contributed by atoms with Crippen molar-refractivity contribution in [1.82, 2.24) is 10.1 Å². The Morgan fingerprint density at radius 1 is 1.13 bits per heavy atom. The van der Waals surface area contributed by atoms with Gasteiger partial charge in [0, 0.05) is 27.5 Å². The molecule has 4 rings (SSSR count). The number of nitrogens with zero attached hydrogens (tertiary/aromatic N) is 1. The molecule has 0 aliphatic heterocycles. The molecule has 0 spiro atoms. The number of hydrogen-bond acceptors (Lipinski definition) is 4. The van der Waals surface area contributed by atoms with Crippen molar-refractivity contribution in [2.75, 3.05) is 5.32 Å². The van der Waals surface area contributed by atoms with Crippen LogP contribution in [0.3, 0.4) is 0 Å². The molecular formula is C22H15BrFN3O3. The van der Waals surface area contributed by atoms with E-state index in [-0.39, 0.29) is 17.0 Å². The van der Waals surface area contributed by atoms with Gasteiger partial charge in [0.15, 0.2) is 5.78 Å². The van der Waals surface area contributed by atoms with Gasteiger partial charge in [-0.1, -0.05) is 39.3 Å². The van der Waals surface area contributed by atoms with Gasteiger partial charge in [-0.25, -0.2) is 4.39 Å². The van der Waals surface area contributed by atoms with Crippen LogP contribution in [0.15, 0.2) is 69.8 Å². The molecule has 30 heavy (non-hydrogen) atoms. The number of rotatable bonds is 5. The van der Waals surface area contributed by atoms with Gasteiger partial charge >= 0.3 is 0 Å². The highest BCUT2D eigenvalue weighted by atomic mass is 79.9. The summed E-state index contributed by atoms with van der Waals surface area (Å²) in [4.78, 5) is 28.3. The Kier molecular flexibility index (Phi) is 5.33. The van der Waals surface area contributed by atoms with Crippen LogP contribution in [0.1, 0.15) is 32.2 Å². The van der Waals surface area contributed by atoms with Gasteiger partial charge in [0.2, 0.25) is 0 Å². The van der Waals surface area contributed by atoms with E-state index < -0.39 is 11.7 Å². The second-order valence-electron chi connectivity index (χ2n) is 6.56. The molecule has 0 saturated heterocycles. The first-order chi connectivity index (χ1) is 14.4. The van der Waals surface area contributed by atoms with Gasteiger partial charge in [-0.3, -0.25) is 9.59 Å². The Morgan fingerprint density at radius 2 is 1.90 bits per heavy atom. The summed E-state index contributed by atoms with van der Waals surface area (Å²) in [5.74, 6) is -0.897. The molecule has 2 aromatic heterocycles. The summed E-state index contributed by atoms with van der Waals surface area (Å²) >= 11 is 3.38. The molecule has 0 aliphatic rings. The molecule has 0 aliphatic carbocycles. The summed E-state index contributed by atoms with van der Waals surface area (Å²) in [6, 6.07) is 14.3. The predicted octanol–water partition coefficient (Wildman–Crippen LogP) is 5.36. The number of anilines is 1. The molecule has 150 valence electrons. The smallest absolute Gasteiger partial charge is 0.272 e. The summed E-state index contributed by atoms with van der Waals surface area (Å²) in [6.07, 6.45) is 1.45. The van der Waals surface area contributed by atoms with Gasteiger partial charge in [0.1, 0.15) is 23.0 Å². The largest absolute Gasteiger partial charge is 0.360 e. The topological polar surface area (TPSA) is 88.0 Å². The normalized spacial score (nSPS) is 10.8. The van der Waals surface area contributed by atoms with Crippen molar-refractivity contribution in [2.24, 2.45) is 0 Å². The molecule has 2 heterocycles. The third-order valence-corrected chi connectivity index (χ3v) is 5.01. The first kappa shape index (κ1) is 19.8. The van der Waals surface area contributed by atoms with Gasteiger partial charge < -0.3 is 14.8 Å². The minimum absolute atomic E-state index is 0.168. The molecule has 0 saturated carbocycles. The lowest BCUT2D eigenvalue weighted by Gasteiger charge is -2.03. The lowest BCUT2D eigenvalue weighted by molar-refractivity contribution is 0.102. The number of ketones is 1. The fourth-order valence-corrected chi connectivity index (χ4v) is 3.27. The maximum Gasteiger partial charge on any atom is 0.272 e. The molecule has 2 aromatic carbocycles. The summed E-state index contributed by atoms with van der Waals surface area (Å²) in [7, 11) is 0. The number of carbonyl (C=O) groups is 2. The first-order valence-corrected chi connectivity index (χ1v) is 9.74. The fraction of sp³-hybridized carbons (Fsp3) is 0.0455. The third kappa shape index (κ3) is 3.95. The number of nitrogens with one attached hydrogen (secondary N) is 2. The lowest BCUT2D eigenvalue weighted by Crippen LogP contribution is -2.12. The van der Waals surface area contributed by atoms with Gasteiger partial charge in [-0.2, -0.15) is 0 Å². The van der Waals surface area contributed by atoms with Crippen LogP contribution in [-0.4, -0.2) is 21.8 Å². The number of halogens is 2. The highest BCUT2D eigenvalue weighted by Crippen LogP contribution is 2.28. The Morgan fingerprint density at radius 3 is 2.63 bits per heavy atom. The van der Waals surface area contributed by atoms with Crippen LogP contribution < -0.4 is 5.32 Å². The zero-order chi connectivity index (χ0) is 21.3. The zero-order valence-electron chi connectivity index (χ0n) is 15.7. The number of hydrogen-bond donors (Lipinski definition) is 2. The SMILES string of the molecule is Cc1onc(-c2ccc(Br)cc2)c1C(=O)c1c[nH]c(C(=O)Nc2cccc(F)c2)c1. The number of aromatic nitrogens is 2. The van der Waals surface area contributed by atoms with Crippen molar-refractivity contribution in [3.63, 3.8) is 0 Å². The van der Waals surface area contributed by atoms with Gasteiger partial charge in [-0.05, 0) is 43.3 Å². The van der Waals surface area contributed by atoms with E-state index in [1.54, 1.807) is 13.0 Å². The van der Waals surface area contributed by atoms with Crippen LogP contribution in [0, 0.1) is 12.7 Å². The first-order valence-electron chi connectivity index (χ1n) is 8.94. The maximum absolute atomic E-state index is 13.3. The summed E-state index contributed by atoms with van der Waals surface area (Å²) < 4.78 is 19.5. The van der Waals surface area contributed by atoms with Gasteiger partial charge in [0.25, 0.3) is 5.91 Å². The standard InChI is InChI=1S/C22H15BrFN3O3/c1-12-19(20(27-30-12)13-5-7-15(23)8-6-13)21(28)14-9-18(25-11-14)22(29)26-17-4-2-3-16(24)10-17/h2-11,25H,1H3,(H,26,29). The van der Waals surface area contributed by atoms with E-state index in [4.69, 9.17) is 4.52 Å².